The molecule has 5 rings (SSSR count). The number of carbonyl (C=O) groups is 1. The summed E-state index contributed by atoms with van der Waals surface area (Å²) in [6.45, 7) is 0. The molecule has 0 atom stereocenters. The highest BCUT2D eigenvalue weighted by molar-refractivity contribution is 6.02. The van der Waals surface area contributed by atoms with Crippen LogP contribution < -0.4 is 10.5 Å². The highest BCUT2D eigenvalue weighted by Crippen LogP contribution is 2.36. The maximum absolute atomic E-state index is 11.8. The summed E-state index contributed by atoms with van der Waals surface area (Å²) in [6.07, 6.45) is 3.68. The number of hydrogen-bond donors (Lipinski definition) is 3. The van der Waals surface area contributed by atoms with Crippen molar-refractivity contribution in [3.63, 3.8) is 0 Å². The van der Waals surface area contributed by atoms with Crippen molar-refractivity contribution in [3.8, 4) is 28.1 Å². The number of carbonyl (C=O) groups excluding carboxylic acids is 1. The molecular weight excluding hydrogens is 366 g/mol. The van der Waals surface area contributed by atoms with E-state index in [9.17, 15) is 4.79 Å². The molecule has 29 heavy (non-hydrogen) atoms. The Morgan fingerprint density at radius 1 is 1.03 bits per heavy atom. The van der Waals surface area contributed by atoms with Gasteiger partial charge in [-0.05, 0) is 47.5 Å². The Morgan fingerprint density at radius 3 is 2.76 bits per heavy atom. The number of nitrogens with zero attached hydrogens (tertiary/aromatic N) is 2. The Morgan fingerprint density at radius 2 is 1.93 bits per heavy atom. The molecule has 0 spiro atoms. The van der Waals surface area contributed by atoms with E-state index in [1.165, 1.54) is 7.11 Å². The Kier molecular flexibility index (Phi) is 3.80. The van der Waals surface area contributed by atoms with Crippen LogP contribution >= 0.6 is 0 Å². The van der Waals surface area contributed by atoms with Crippen molar-refractivity contribution >= 4 is 27.7 Å². The summed E-state index contributed by atoms with van der Waals surface area (Å²) >= 11 is 0. The first-order valence-corrected chi connectivity index (χ1v) is 9.04. The Hall–Kier alpha value is -4.13. The van der Waals surface area contributed by atoms with Gasteiger partial charge in [0.1, 0.15) is 5.75 Å². The SMILES string of the molecule is COc1ccc(-c2cc(-c3cccc4[nH]ccc34)cc3[nH]ncc23)nc1C(N)=O. The van der Waals surface area contributed by atoms with Crippen molar-refractivity contribution in [2.24, 2.45) is 5.73 Å². The number of hydrogen-bond acceptors (Lipinski definition) is 4. The molecule has 5 aromatic rings. The summed E-state index contributed by atoms with van der Waals surface area (Å²) in [7, 11) is 1.48. The van der Waals surface area contributed by atoms with Gasteiger partial charge in [0.2, 0.25) is 0 Å². The number of nitrogens with two attached hydrogens (primary N) is 1. The van der Waals surface area contributed by atoms with Crippen molar-refractivity contribution in [2.75, 3.05) is 7.11 Å². The van der Waals surface area contributed by atoms with Gasteiger partial charge in [0.05, 0.1) is 24.5 Å². The first-order valence-electron chi connectivity index (χ1n) is 9.04. The monoisotopic (exact) mass is 383 g/mol. The zero-order chi connectivity index (χ0) is 20.0. The van der Waals surface area contributed by atoms with Gasteiger partial charge in [0, 0.05) is 28.0 Å². The van der Waals surface area contributed by atoms with Gasteiger partial charge >= 0.3 is 0 Å². The van der Waals surface area contributed by atoms with Crippen molar-refractivity contribution in [3.05, 3.63) is 66.6 Å². The Labute approximate surface area is 165 Å². The van der Waals surface area contributed by atoms with Crippen molar-refractivity contribution < 1.29 is 9.53 Å². The molecule has 142 valence electrons. The molecule has 3 aromatic heterocycles. The molecule has 0 aliphatic rings. The molecule has 0 bridgehead atoms. The van der Waals surface area contributed by atoms with Crippen molar-refractivity contribution in [2.45, 2.75) is 0 Å². The van der Waals surface area contributed by atoms with Crippen LogP contribution in [0.25, 0.3) is 44.2 Å². The maximum Gasteiger partial charge on any atom is 0.271 e. The third-order valence-electron chi connectivity index (χ3n) is 5.05. The van der Waals surface area contributed by atoms with E-state index in [1.54, 1.807) is 12.3 Å². The molecule has 4 N–H and O–H groups in total. The molecule has 7 heteroatoms. The number of rotatable bonds is 4. The van der Waals surface area contributed by atoms with Gasteiger partial charge in [-0.3, -0.25) is 9.89 Å². The van der Waals surface area contributed by atoms with E-state index in [2.05, 4.69) is 44.4 Å². The lowest BCUT2D eigenvalue weighted by atomic mass is 9.96. The molecule has 0 saturated heterocycles. The molecule has 0 radical (unpaired) electrons. The molecule has 0 fully saturated rings. The van der Waals surface area contributed by atoms with Crippen LogP contribution in [0.2, 0.25) is 0 Å². The number of aromatic amines is 2. The lowest BCUT2D eigenvalue weighted by Crippen LogP contribution is -2.15. The van der Waals surface area contributed by atoms with Crippen LogP contribution in [-0.4, -0.2) is 33.2 Å². The second kappa shape index (κ2) is 6.49. The van der Waals surface area contributed by atoms with E-state index in [-0.39, 0.29) is 5.69 Å². The third kappa shape index (κ3) is 2.71. The summed E-state index contributed by atoms with van der Waals surface area (Å²) in [5.41, 5.74) is 11.1. The first-order chi connectivity index (χ1) is 14.2. The zero-order valence-electron chi connectivity index (χ0n) is 15.6. The van der Waals surface area contributed by atoms with Gasteiger partial charge in [-0.15, -0.1) is 0 Å². The van der Waals surface area contributed by atoms with Crippen molar-refractivity contribution in [1.82, 2.24) is 20.2 Å². The van der Waals surface area contributed by atoms with Gasteiger partial charge in [-0.25, -0.2) is 4.98 Å². The fourth-order valence-corrected chi connectivity index (χ4v) is 3.69. The minimum absolute atomic E-state index is 0.0970. The van der Waals surface area contributed by atoms with Crippen LogP contribution in [0.5, 0.6) is 5.75 Å². The topological polar surface area (TPSA) is 110 Å². The predicted octanol–water partition coefficient (Wildman–Crippen LogP) is 3.88. The van der Waals surface area contributed by atoms with E-state index in [0.717, 1.165) is 38.5 Å². The molecule has 0 saturated carbocycles. The molecular formula is C22H17N5O2. The number of ether oxygens (including phenoxy) is 1. The number of H-pyrrole nitrogens is 2. The van der Waals surface area contributed by atoms with Crippen LogP contribution in [-0.2, 0) is 0 Å². The molecule has 7 nitrogen and oxygen atoms in total. The molecule has 3 heterocycles. The van der Waals surface area contributed by atoms with E-state index >= 15 is 0 Å². The fraction of sp³-hybridized carbons (Fsp3) is 0.0455. The highest BCUT2D eigenvalue weighted by atomic mass is 16.5. The summed E-state index contributed by atoms with van der Waals surface area (Å²) in [6, 6.07) is 15.8. The number of aromatic nitrogens is 4. The quantitative estimate of drug-likeness (QED) is 0.437. The molecule has 0 aliphatic carbocycles. The summed E-state index contributed by atoms with van der Waals surface area (Å²) in [5.74, 6) is -0.293. The summed E-state index contributed by atoms with van der Waals surface area (Å²) in [5, 5.41) is 9.26. The van der Waals surface area contributed by atoms with E-state index in [0.29, 0.717) is 11.4 Å². The van der Waals surface area contributed by atoms with E-state index < -0.39 is 5.91 Å². The van der Waals surface area contributed by atoms with Crippen LogP contribution in [0.4, 0.5) is 0 Å². The average Bonchev–Trinajstić information content (AvgIpc) is 3.41. The van der Waals surface area contributed by atoms with Crippen molar-refractivity contribution in [1.29, 1.82) is 0 Å². The number of benzene rings is 2. The van der Waals surface area contributed by atoms with Gasteiger partial charge in [-0.1, -0.05) is 12.1 Å². The lowest BCUT2D eigenvalue weighted by Gasteiger charge is -2.11. The molecule has 1 amide bonds. The fourth-order valence-electron chi connectivity index (χ4n) is 3.69. The third-order valence-corrected chi connectivity index (χ3v) is 5.05. The van der Waals surface area contributed by atoms with Gasteiger partial charge < -0.3 is 15.5 Å². The lowest BCUT2D eigenvalue weighted by molar-refractivity contribution is 0.0992. The minimum atomic E-state index is -0.639. The van der Waals surface area contributed by atoms with Crippen LogP contribution in [0.3, 0.4) is 0 Å². The van der Waals surface area contributed by atoms with Gasteiger partial charge in [0.25, 0.3) is 5.91 Å². The predicted molar refractivity (Wildman–Crippen MR) is 112 cm³/mol. The minimum Gasteiger partial charge on any atom is -0.494 e. The van der Waals surface area contributed by atoms with E-state index in [4.69, 9.17) is 10.5 Å². The smallest absolute Gasteiger partial charge is 0.271 e. The van der Waals surface area contributed by atoms with E-state index in [1.807, 2.05) is 24.4 Å². The summed E-state index contributed by atoms with van der Waals surface area (Å²) < 4.78 is 5.22. The number of amides is 1. The number of pyridine rings is 1. The highest BCUT2D eigenvalue weighted by Gasteiger charge is 2.16. The van der Waals surface area contributed by atoms with Gasteiger partial charge in [0.15, 0.2) is 5.69 Å². The van der Waals surface area contributed by atoms with Crippen LogP contribution in [0, 0.1) is 0 Å². The second-order valence-corrected chi connectivity index (χ2v) is 6.71. The number of fused-ring (bicyclic) bond motifs is 2. The zero-order valence-corrected chi connectivity index (χ0v) is 15.6. The standard InChI is InChI=1S/C22H17N5O2/c1-29-20-6-5-18(26-21(20)22(23)28)15-9-12(10-19-16(15)11-25-27-19)13-3-2-4-17-14(13)7-8-24-17/h2-11,24H,1H3,(H2,23,28)(H,25,27). The molecule has 0 unspecified atom stereocenters. The number of methoxy groups -OCH3 is 1. The van der Waals surface area contributed by atoms with Crippen LogP contribution in [0.15, 0.2) is 60.9 Å². The Bertz CT molecular complexity index is 1380. The van der Waals surface area contributed by atoms with Crippen LogP contribution in [0.1, 0.15) is 10.5 Å². The van der Waals surface area contributed by atoms with Gasteiger partial charge in [-0.2, -0.15) is 5.10 Å². The number of nitrogens with one attached hydrogen (secondary N) is 2. The molecule has 0 aliphatic heterocycles. The maximum atomic E-state index is 11.8. The normalized spacial score (nSPS) is 11.2. The summed E-state index contributed by atoms with van der Waals surface area (Å²) in [4.78, 5) is 19.6. The molecule has 2 aromatic carbocycles. The largest absolute Gasteiger partial charge is 0.494 e. The number of primary amides is 1. The second-order valence-electron chi connectivity index (χ2n) is 6.71. The Balaban J connectivity index is 1.77. The first kappa shape index (κ1) is 17.0. The average molecular weight is 383 g/mol.